The minimum atomic E-state index is -3.05. The smallest absolute Gasteiger partial charge is 0.183 e. The van der Waals surface area contributed by atoms with E-state index in [2.05, 4.69) is 10.3 Å². The highest BCUT2D eigenvalue weighted by Crippen LogP contribution is 2.22. The number of aromatic nitrogens is 1. The Morgan fingerprint density at radius 1 is 1.67 bits per heavy atom. The first-order valence-electron chi connectivity index (χ1n) is 4.60. The van der Waals surface area contributed by atoms with E-state index in [9.17, 15) is 8.42 Å². The van der Waals surface area contributed by atoms with Gasteiger partial charge in [-0.1, -0.05) is 11.6 Å². The number of nitrogens with one attached hydrogen (secondary N) is 1. The van der Waals surface area contributed by atoms with E-state index in [1.165, 1.54) is 17.5 Å². The second-order valence-electron chi connectivity index (χ2n) is 3.50. The predicted octanol–water partition coefficient (Wildman–Crippen LogP) is 1.07. The van der Waals surface area contributed by atoms with Crippen molar-refractivity contribution in [1.29, 1.82) is 0 Å². The number of hydrogen-bond acceptors (Lipinski definition) is 5. The highest BCUT2D eigenvalue weighted by Gasteiger charge is 2.29. The molecule has 1 unspecified atom stereocenters. The molecule has 15 heavy (non-hydrogen) atoms. The molecule has 4 nitrogen and oxygen atoms in total. The van der Waals surface area contributed by atoms with E-state index >= 15 is 0 Å². The molecular formula is C8H11ClN2O2S2. The molecule has 1 aromatic rings. The van der Waals surface area contributed by atoms with Gasteiger partial charge in [-0.25, -0.2) is 13.4 Å². The Morgan fingerprint density at radius 3 is 3.00 bits per heavy atom. The molecule has 1 N–H and O–H groups in total. The van der Waals surface area contributed by atoms with E-state index in [0.717, 1.165) is 6.54 Å². The molecule has 1 aliphatic heterocycles. The van der Waals surface area contributed by atoms with Crippen LogP contribution in [0, 0.1) is 0 Å². The van der Waals surface area contributed by atoms with Crippen molar-refractivity contribution in [2.45, 2.75) is 17.4 Å². The summed E-state index contributed by atoms with van der Waals surface area (Å²) < 4.78 is 24.2. The van der Waals surface area contributed by atoms with E-state index in [1.54, 1.807) is 0 Å². The van der Waals surface area contributed by atoms with Crippen molar-refractivity contribution in [2.24, 2.45) is 0 Å². The van der Waals surface area contributed by atoms with Crippen LogP contribution < -0.4 is 5.32 Å². The Hall–Kier alpha value is -0.170. The van der Waals surface area contributed by atoms with Crippen LogP contribution in [0.3, 0.4) is 0 Å². The summed E-state index contributed by atoms with van der Waals surface area (Å²) in [4.78, 5) is 4.55. The molecule has 1 fully saturated rings. The van der Waals surface area contributed by atoms with Crippen molar-refractivity contribution in [3.05, 3.63) is 15.5 Å². The summed E-state index contributed by atoms with van der Waals surface area (Å²) >= 11 is 6.88. The van der Waals surface area contributed by atoms with E-state index in [-0.39, 0.29) is 11.0 Å². The maximum Gasteiger partial charge on any atom is 0.183 e. The number of halogens is 1. The Kier molecular flexibility index (Phi) is 3.30. The zero-order chi connectivity index (χ0) is 10.9. The quantitative estimate of drug-likeness (QED) is 0.889. The molecule has 0 saturated carbocycles. The van der Waals surface area contributed by atoms with Crippen molar-refractivity contribution in [3.8, 4) is 0 Å². The van der Waals surface area contributed by atoms with E-state index in [1.807, 2.05) is 0 Å². The van der Waals surface area contributed by atoms with Gasteiger partial charge in [0, 0.05) is 17.6 Å². The number of thiazole rings is 1. The topological polar surface area (TPSA) is 59.1 Å². The molecule has 84 valence electrons. The van der Waals surface area contributed by atoms with Crippen LogP contribution in [0.5, 0.6) is 0 Å². The molecule has 0 bridgehead atoms. The van der Waals surface area contributed by atoms with Gasteiger partial charge in [0.1, 0.15) is 0 Å². The number of nitrogens with zero attached hydrogens (tertiary/aromatic N) is 1. The van der Waals surface area contributed by atoms with Gasteiger partial charge in [0.05, 0.1) is 11.0 Å². The minimum absolute atomic E-state index is 0.0593. The van der Waals surface area contributed by atoms with Gasteiger partial charge in [-0.3, -0.25) is 0 Å². The lowest BCUT2D eigenvalue weighted by Gasteiger charge is -2.08. The van der Waals surface area contributed by atoms with Gasteiger partial charge in [0.2, 0.25) is 0 Å². The average Bonchev–Trinajstić information content (AvgIpc) is 2.75. The first-order chi connectivity index (χ1) is 7.08. The fourth-order valence-electron chi connectivity index (χ4n) is 1.60. The molecule has 0 amide bonds. The zero-order valence-electron chi connectivity index (χ0n) is 7.94. The maximum absolute atomic E-state index is 11.9. The summed E-state index contributed by atoms with van der Waals surface area (Å²) in [7, 11) is -3.05. The summed E-state index contributed by atoms with van der Waals surface area (Å²) in [5, 5.41) is 2.80. The van der Waals surface area contributed by atoms with Gasteiger partial charge >= 0.3 is 0 Å². The second-order valence-corrected chi connectivity index (χ2v) is 7.48. The highest BCUT2D eigenvalue weighted by molar-refractivity contribution is 7.91. The maximum atomic E-state index is 11.9. The Morgan fingerprint density at radius 2 is 2.47 bits per heavy atom. The van der Waals surface area contributed by atoms with E-state index < -0.39 is 9.84 Å². The van der Waals surface area contributed by atoms with Gasteiger partial charge in [-0.05, 0) is 13.0 Å². The van der Waals surface area contributed by atoms with Crippen LogP contribution in [0.25, 0.3) is 0 Å². The third-order valence-electron chi connectivity index (χ3n) is 2.39. The molecule has 7 heteroatoms. The molecule has 0 aromatic carbocycles. The number of sulfone groups is 1. The summed E-state index contributed by atoms with van der Waals surface area (Å²) in [5.41, 5.74) is 0. The lowest BCUT2D eigenvalue weighted by atomic mass is 10.4. The first kappa shape index (κ1) is 11.3. The van der Waals surface area contributed by atoms with Crippen molar-refractivity contribution < 1.29 is 8.42 Å². The third-order valence-corrected chi connectivity index (χ3v) is 5.82. The lowest BCUT2D eigenvalue weighted by molar-refractivity contribution is 0.582. The predicted molar refractivity (Wildman–Crippen MR) is 61.0 cm³/mol. The largest absolute Gasteiger partial charge is 0.315 e. The van der Waals surface area contributed by atoms with Crippen LogP contribution in [0.1, 0.15) is 11.3 Å². The monoisotopic (exact) mass is 266 g/mol. The first-order valence-corrected chi connectivity index (χ1v) is 7.51. The molecule has 0 spiro atoms. The van der Waals surface area contributed by atoms with E-state index in [4.69, 9.17) is 11.6 Å². The fourth-order valence-corrected chi connectivity index (χ4v) is 4.66. The third kappa shape index (κ3) is 2.69. The molecule has 2 heterocycles. The molecular weight excluding hydrogens is 256 g/mol. The molecule has 1 aliphatic rings. The Bertz CT molecular complexity index is 437. The average molecular weight is 267 g/mol. The standard InChI is InChI=1S/C8H11ClN2O2S2/c9-8-11-3-6(14-8)5-15(12,13)7-1-2-10-4-7/h3,7,10H,1-2,4-5H2. The van der Waals surface area contributed by atoms with E-state index in [0.29, 0.717) is 22.3 Å². The summed E-state index contributed by atoms with van der Waals surface area (Å²) in [5.74, 6) is 0.0593. The second kappa shape index (κ2) is 4.37. The fraction of sp³-hybridized carbons (Fsp3) is 0.625. The van der Waals surface area contributed by atoms with Crippen LogP contribution in [-0.4, -0.2) is 31.7 Å². The number of hydrogen-bond donors (Lipinski definition) is 1. The molecule has 1 atom stereocenters. The van der Waals surface area contributed by atoms with Crippen molar-refractivity contribution in [3.63, 3.8) is 0 Å². The Labute approximate surface area is 97.6 Å². The van der Waals surface area contributed by atoms with Gasteiger partial charge in [-0.2, -0.15) is 0 Å². The van der Waals surface area contributed by atoms with Gasteiger partial charge in [0.15, 0.2) is 14.3 Å². The minimum Gasteiger partial charge on any atom is -0.315 e. The SMILES string of the molecule is O=S(=O)(Cc1cnc(Cl)s1)C1CCNC1. The van der Waals surface area contributed by atoms with Gasteiger partial charge in [-0.15, -0.1) is 11.3 Å². The highest BCUT2D eigenvalue weighted by atomic mass is 35.5. The molecule has 1 aromatic heterocycles. The molecule has 2 rings (SSSR count). The molecule has 0 aliphatic carbocycles. The summed E-state index contributed by atoms with van der Waals surface area (Å²) in [6.45, 7) is 1.35. The van der Waals surface area contributed by atoms with Crippen molar-refractivity contribution >= 4 is 32.8 Å². The van der Waals surface area contributed by atoms with Crippen molar-refractivity contribution in [1.82, 2.24) is 10.3 Å². The summed E-state index contributed by atoms with van der Waals surface area (Å²) in [6.07, 6.45) is 2.24. The van der Waals surface area contributed by atoms with Crippen molar-refractivity contribution in [2.75, 3.05) is 13.1 Å². The van der Waals surface area contributed by atoms with Crippen LogP contribution in [0.4, 0.5) is 0 Å². The van der Waals surface area contributed by atoms with Gasteiger partial charge < -0.3 is 5.32 Å². The number of rotatable bonds is 3. The summed E-state index contributed by atoms with van der Waals surface area (Å²) in [6, 6.07) is 0. The zero-order valence-corrected chi connectivity index (χ0v) is 10.3. The van der Waals surface area contributed by atoms with Crippen LogP contribution >= 0.6 is 22.9 Å². The van der Waals surface area contributed by atoms with Crippen LogP contribution in [0.15, 0.2) is 6.20 Å². The lowest BCUT2D eigenvalue weighted by Crippen LogP contribution is -2.24. The van der Waals surface area contributed by atoms with Crippen LogP contribution in [-0.2, 0) is 15.6 Å². The molecule has 1 saturated heterocycles. The van der Waals surface area contributed by atoms with Gasteiger partial charge in [0.25, 0.3) is 0 Å². The van der Waals surface area contributed by atoms with Crippen LogP contribution in [0.2, 0.25) is 4.47 Å². The normalized spacial score (nSPS) is 22.1. The molecule has 0 radical (unpaired) electrons. The Balaban J connectivity index is 2.10.